The summed E-state index contributed by atoms with van der Waals surface area (Å²) in [5.41, 5.74) is -0.364. The third kappa shape index (κ3) is 4.15. The van der Waals surface area contributed by atoms with Gasteiger partial charge in [-0.3, -0.25) is 10.1 Å². The Bertz CT molecular complexity index is 629. The van der Waals surface area contributed by atoms with Crippen molar-refractivity contribution in [1.29, 1.82) is 0 Å². The van der Waals surface area contributed by atoms with Crippen LogP contribution >= 0.6 is 22.9 Å². The summed E-state index contributed by atoms with van der Waals surface area (Å²) in [5, 5.41) is 10.7. The smallest absolute Gasteiger partial charge is 0.258 e. The molecule has 21 heavy (non-hydrogen) atoms. The molecule has 2 rings (SSSR count). The van der Waals surface area contributed by atoms with Gasteiger partial charge in [-0.15, -0.1) is 11.3 Å². The standard InChI is InChI=1S/C12H17ClN2O4S2/c1-8-3-2-4-9(6-5-8)14-21(18,19)11-7-10(15(16)17)12(13)20-11/h7-9,14H,2-6H2,1H3. The third-order valence-corrected chi connectivity index (χ3v) is 7.02. The molecule has 6 nitrogen and oxygen atoms in total. The largest absolute Gasteiger partial charge is 0.300 e. The van der Waals surface area contributed by atoms with E-state index >= 15 is 0 Å². The van der Waals surface area contributed by atoms with Gasteiger partial charge < -0.3 is 0 Å². The minimum absolute atomic E-state index is 0.100. The minimum atomic E-state index is -3.75. The van der Waals surface area contributed by atoms with Gasteiger partial charge in [0.2, 0.25) is 0 Å². The van der Waals surface area contributed by atoms with E-state index in [0.717, 1.165) is 49.5 Å². The molecule has 1 N–H and O–H groups in total. The lowest BCUT2D eigenvalue weighted by Gasteiger charge is -2.15. The fourth-order valence-corrected chi connectivity index (χ4v) is 5.46. The maximum atomic E-state index is 12.3. The predicted octanol–water partition coefficient (Wildman–Crippen LogP) is 3.56. The minimum Gasteiger partial charge on any atom is -0.258 e. The topological polar surface area (TPSA) is 89.3 Å². The Labute approximate surface area is 132 Å². The van der Waals surface area contributed by atoms with Crippen LogP contribution in [0.15, 0.2) is 10.3 Å². The van der Waals surface area contributed by atoms with Gasteiger partial charge in [0.1, 0.15) is 4.21 Å². The highest BCUT2D eigenvalue weighted by atomic mass is 35.5. The first-order chi connectivity index (χ1) is 9.79. The number of nitrogens with one attached hydrogen (secondary N) is 1. The van der Waals surface area contributed by atoms with E-state index in [0.29, 0.717) is 5.92 Å². The van der Waals surface area contributed by atoms with Gasteiger partial charge in [-0.1, -0.05) is 31.4 Å². The van der Waals surface area contributed by atoms with Crippen molar-refractivity contribution in [2.45, 2.75) is 49.3 Å². The van der Waals surface area contributed by atoms with Crippen LogP contribution in [0.4, 0.5) is 5.69 Å². The summed E-state index contributed by atoms with van der Waals surface area (Å²) in [7, 11) is -3.75. The van der Waals surface area contributed by atoms with Crippen molar-refractivity contribution in [2.24, 2.45) is 5.92 Å². The molecule has 0 saturated heterocycles. The van der Waals surface area contributed by atoms with Crippen molar-refractivity contribution in [1.82, 2.24) is 4.72 Å². The maximum Gasteiger partial charge on any atom is 0.300 e. The average molecular weight is 353 g/mol. The summed E-state index contributed by atoms with van der Waals surface area (Å²) in [6.07, 6.45) is 4.67. The highest BCUT2D eigenvalue weighted by molar-refractivity contribution is 7.91. The van der Waals surface area contributed by atoms with E-state index in [-0.39, 0.29) is 20.3 Å². The van der Waals surface area contributed by atoms with E-state index in [2.05, 4.69) is 11.6 Å². The average Bonchev–Trinajstić information content (AvgIpc) is 2.68. The molecule has 0 aliphatic heterocycles. The van der Waals surface area contributed by atoms with Crippen LogP contribution < -0.4 is 4.72 Å². The fraction of sp³-hybridized carbons (Fsp3) is 0.667. The van der Waals surface area contributed by atoms with Crippen molar-refractivity contribution in [3.8, 4) is 0 Å². The third-order valence-electron chi connectivity index (χ3n) is 3.69. The Balaban J connectivity index is 2.14. The fourth-order valence-electron chi connectivity index (χ4n) is 2.48. The first kappa shape index (κ1) is 16.7. The number of hydrogen-bond acceptors (Lipinski definition) is 5. The van der Waals surface area contributed by atoms with Gasteiger partial charge in [0.25, 0.3) is 15.7 Å². The monoisotopic (exact) mass is 352 g/mol. The first-order valence-corrected chi connectivity index (χ1v) is 9.43. The molecule has 1 saturated carbocycles. The van der Waals surface area contributed by atoms with Gasteiger partial charge in [0, 0.05) is 12.1 Å². The molecule has 1 aliphatic rings. The molecule has 1 fully saturated rings. The number of nitro groups is 1. The van der Waals surface area contributed by atoms with Gasteiger partial charge in [-0.2, -0.15) is 0 Å². The predicted molar refractivity (Wildman–Crippen MR) is 82.3 cm³/mol. The zero-order valence-electron chi connectivity index (χ0n) is 11.5. The number of sulfonamides is 1. The van der Waals surface area contributed by atoms with Gasteiger partial charge >= 0.3 is 0 Å². The number of halogens is 1. The Kier molecular flexibility index (Phi) is 5.24. The van der Waals surface area contributed by atoms with Crippen LogP contribution in [0.5, 0.6) is 0 Å². The van der Waals surface area contributed by atoms with E-state index in [1.807, 2.05) is 0 Å². The van der Waals surface area contributed by atoms with E-state index in [1.165, 1.54) is 0 Å². The molecule has 0 bridgehead atoms. The second kappa shape index (κ2) is 6.60. The van der Waals surface area contributed by atoms with Gasteiger partial charge in [-0.25, -0.2) is 13.1 Å². The van der Waals surface area contributed by atoms with E-state index in [4.69, 9.17) is 11.6 Å². The second-order valence-electron chi connectivity index (χ2n) is 5.41. The van der Waals surface area contributed by atoms with Gasteiger partial charge in [-0.05, 0) is 25.2 Å². The quantitative estimate of drug-likeness (QED) is 0.509. The van der Waals surface area contributed by atoms with E-state index in [9.17, 15) is 18.5 Å². The maximum absolute atomic E-state index is 12.3. The molecule has 1 heterocycles. The number of rotatable bonds is 4. The molecule has 1 aliphatic carbocycles. The molecule has 0 aromatic carbocycles. The van der Waals surface area contributed by atoms with Crippen LogP contribution in [-0.2, 0) is 10.0 Å². The number of nitrogens with zero attached hydrogens (tertiary/aromatic N) is 1. The molecule has 0 amide bonds. The van der Waals surface area contributed by atoms with Crippen molar-refractivity contribution in [3.63, 3.8) is 0 Å². The lowest BCUT2D eigenvalue weighted by atomic mass is 10.0. The highest BCUT2D eigenvalue weighted by Gasteiger charge is 2.28. The Morgan fingerprint density at radius 3 is 2.71 bits per heavy atom. The van der Waals surface area contributed by atoms with Crippen LogP contribution in [-0.4, -0.2) is 19.4 Å². The lowest BCUT2D eigenvalue weighted by Crippen LogP contribution is -2.34. The lowest BCUT2D eigenvalue weighted by molar-refractivity contribution is -0.384. The summed E-state index contributed by atoms with van der Waals surface area (Å²) in [6, 6.07) is 0.911. The number of thiophene rings is 1. The molecule has 2 atom stereocenters. The summed E-state index contributed by atoms with van der Waals surface area (Å²) in [5.74, 6) is 0.608. The Hall–Kier alpha value is -0.700. The van der Waals surface area contributed by atoms with Gasteiger partial charge in [0.15, 0.2) is 4.34 Å². The van der Waals surface area contributed by atoms with Crippen LogP contribution in [0.2, 0.25) is 4.34 Å². The van der Waals surface area contributed by atoms with E-state index in [1.54, 1.807) is 0 Å². The molecule has 2 unspecified atom stereocenters. The molecular weight excluding hydrogens is 336 g/mol. The second-order valence-corrected chi connectivity index (χ2v) is 9.01. The van der Waals surface area contributed by atoms with Crippen molar-refractivity contribution in [3.05, 3.63) is 20.5 Å². The number of hydrogen-bond donors (Lipinski definition) is 1. The van der Waals surface area contributed by atoms with Crippen LogP contribution in [0.25, 0.3) is 0 Å². The van der Waals surface area contributed by atoms with E-state index < -0.39 is 14.9 Å². The SMILES string of the molecule is CC1CCCC(NS(=O)(=O)c2cc([N+](=O)[O-])c(Cl)s2)CC1. The van der Waals surface area contributed by atoms with Crippen LogP contribution in [0.3, 0.4) is 0 Å². The molecule has 1 aromatic rings. The molecule has 0 spiro atoms. The van der Waals surface area contributed by atoms with Crippen molar-refractivity contribution in [2.75, 3.05) is 0 Å². The summed E-state index contributed by atoms with van der Waals surface area (Å²) < 4.78 is 27.0. The van der Waals surface area contributed by atoms with Crippen LogP contribution in [0.1, 0.15) is 39.0 Å². The Morgan fingerprint density at radius 1 is 1.38 bits per heavy atom. The summed E-state index contributed by atoms with van der Waals surface area (Å²) in [6.45, 7) is 2.17. The first-order valence-electron chi connectivity index (χ1n) is 6.75. The molecule has 1 aromatic heterocycles. The molecule has 9 heteroatoms. The zero-order valence-corrected chi connectivity index (χ0v) is 13.9. The van der Waals surface area contributed by atoms with Gasteiger partial charge in [0.05, 0.1) is 4.92 Å². The van der Waals surface area contributed by atoms with Crippen LogP contribution in [0, 0.1) is 16.0 Å². The molecule has 0 radical (unpaired) electrons. The van der Waals surface area contributed by atoms with Crippen molar-refractivity contribution >= 4 is 38.6 Å². The summed E-state index contributed by atoms with van der Waals surface area (Å²) in [4.78, 5) is 10.1. The van der Waals surface area contributed by atoms with Crippen molar-refractivity contribution < 1.29 is 13.3 Å². The molecule has 118 valence electrons. The Morgan fingerprint density at radius 2 is 2.10 bits per heavy atom. The summed E-state index contributed by atoms with van der Waals surface area (Å²) >= 11 is 6.44. The normalized spacial score (nSPS) is 23.7. The highest BCUT2D eigenvalue weighted by Crippen LogP contribution is 2.36. The zero-order chi connectivity index (χ0) is 15.6. The molecular formula is C12H17ClN2O4S2.